The fraction of sp³-hybridized carbons (Fsp3) is 0.250. The van der Waals surface area contributed by atoms with Crippen molar-refractivity contribution in [1.29, 1.82) is 0 Å². The van der Waals surface area contributed by atoms with E-state index in [1.54, 1.807) is 31.4 Å². The summed E-state index contributed by atoms with van der Waals surface area (Å²) in [4.78, 5) is 41.0. The molecule has 0 aliphatic carbocycles. The van der Waals surface area contributed by atoms with Gasteiger partial charge in [0, 0.05) is 24.9 Å². The van der Waals surface area contributed by atoms with Crippen molar-refractivity contribution < 1.29 is 19.1 Å². The molecule has 1 heterocycles. The van der Waals surface area contributed by atoms with Gasteiger partial charge in [-0.2, -0.15) is 0 Å². The number of nitrogens with one attached hydrogen (secondary N) is 1. The molecule has 0 bridgehead atoms. The molecular formula is C28H29N5O4. The fourth-order valence-electron chi connectivity index (χ4n) is 4.20. The highest BCUT2D eigenvalue weighted by molar-refractivity contribution is 6.02. The Hall–Kier alpha value is -4.37. The molecule has 2 amide bonds. The number of benzene rings is 3. The number of Topliss-reactive ketones (excluding diaryl/α,β-unsaturated/α-hetero) is 1. The maximum absolute atomic E-state index is 14.0. The third-order valence-corrected chi connectivity index (χ3v) is 6.12. The number of methoxy groups -OCH3 is 1. The molecule has 9 nitrogen and oxygen atoms in total. The molecule has 1 atom stereocenters. The molecule has 0 saturated heterocycles. The number of hydrogen-bond acceptors (Lipinski definition) is 6. The van der Waals surface area contributed by atoms with E-state index in [0.29, 0.717) is 34.5 Å². The Morgan fingerprint density at radius 1 is 1.00 bits per heavy atom. The van der Waals surface area contributed by atoms with Crippen LogP contribution < -0.4 is 10.2 Å². The van der Waals surface area contributed by atoms with Crippen molar-refractivity contribution in [3.05, 3.63) is 89.5 Å². The maximum Gasteiger partial charge on any atom is 0.249 e. The van der Waals surface area contributed by atoms with Crippen LogP contribution in [0.15, 0.2) is 72.8 Å². The van der Waals surface area contributed by atoms with E-state index in [1.807, 2.05) is 55.5 Å². The summed E-state index contributed by atoms with van der Waals surface area (Å²) in [7, 11) is 1.56. The Balaban J connectivity index is 1.80. The van der Waals surface area contributed by atoms with E-state index in [2.05, 4.69) is 15.6 Å². The van der Waals surface area contributed by atoms with E-state index < -0.39 is 6.04 Å². The normalized spacial score (nSPS) is 11.8. The molecule has 1 aromatic heterocycles. The largest absolute Gasteiger partial charge is 0.383 e. The summed E-state index contributed by atoms with van der Waals surface area (Å²) in [5.74, 6) is -0.800. The van der Waals surface area contributed by atoms with Gasteiger partial charge in [0.25, 0.3) is 0 Å². The molecule has 0 radical (unpaired) electrons. The lowest BCUT2D eigenvalue weighted by Gasteiger charge is -2.32. The van der Waals surface area contributed by atoms with Gasteiger partial charge in [-0.3, -0.25) is 19.3 Å². The third-order valence-electron chi connectivity index (χ3n) is 6.12. The van der Waals surface area contributed by atoms with Gasteiger partial charge < -0.3 is 10.1 Å². The van der Waals surface area contributed by atoms with Gasteiger partial charge in [-0.05, 0) is 61.4 Å². The summed E-state index contributed by atoms with van der Waals surface area (Å²) in [6.45, 7) is 3.86. The lowest BCUT2D eigenvalue weighted by Crippen LogP contribution is -2.46. The summed E-state index contributed by atoms with van der Waals surface area (Å²) in [6, 6.07) is 20.5. The molecular weight excluding hydrogens is 470 g/mol. The van der Waals surface area contributed by atoms with Crippen LogP contribution in [0.2, 0.25) is 0 Å². The number of amides is 2. The monoisotopic (exact) mass is 499 g/mol. The minimum atomic E-state index is -0.969. The van der Waals surface area contributed by atoms with Crippen molar-refractivity contribution in [3.63, 3.8) is 0 Å². The number of carbonyl (C=O) groups excluding carboxylic acids is 3. The number of ketones is 1. The first-order valence-corrected chi connectivity index (χ1v) is 11.9. The number of para-hydroxylation sites is 1. The van der Waals surface area contributed by atoms with Crippen LogP contribution in [0.3, 0.4) is 0 Å². The van der Waals surface area contributed by atoms with E-state index in [1.165, 1.54) is 16.5 Å². The molecule has 4 rings (SSSR count). The van der Waals surface area contributed by atoms with Crippen molar-refractivity contribution >= 4 is 34.3 Å². The highest BCUT2D eigenvalue weighted by Gasteiger charge is 2.34. The van der Waals surface area contributed by atoms with E-state index in [4.69, 9.17) is 4.74 Å². The maximum atomic E-state index is 14.0. The smallest absolute Gasteiger partial charge is 0.249 e. The van der Waals surface area contributed by atoms with E-state index in [-0.39, 0.29) is 30.7 Å². The summed E-state index contributed by atoms with van der Waals surface area (Å²) in [5, 5.41) is 11.2. The van der Waals surface area contributed by atoms with Crippen molar-refractivity contribution in [2.45, 2.75) is 26.4 Å². The lowest BCUT2D eigenvalue weighted by atomic mass is 9.98. The predicted molar refractivity (Wildman–Crippen MR) is 140 cm³/mol. The van der Waals surface area contributed by atoms with Crippen LogP contribution in [0.1, 0.15) is 34.5 Å². The Morgan fingerprint density at radius 2 is 1.70 bits per heavy atom. The van der Waals surface area contributed by atoms with Gasteiger partial charge in [0.15, 0.2) is 5.78 Å². The van der Waals surface area contributed by atoms with Crippen LogP contribution in [0.5, 0.6) is 0 Å². The zero-order valence-corrected chi connectivity index (χ0v) is 21.0. The van der Waals surface area contributed by atoms with Crippen molar-refractivity contribution in [2.75, 3.05) is 25.2 Å². The molecule has 1 N–H and O–H groups in total. The SMILES string of the molecule is COCCNC(=O)[C@@H](c1ccccc1C)N(C(=O)Cn1nnc2ccccc21)c1ccc(C(C)=O)cc1. The average molecular weight is 500 g/mol. The predicted octanol–water partition coefficient (Wildman–Crippen LogP) is 3.48. The molecule has 190 valence electrons. The number of aromatic nitrogens is 3. The first-order chi connectivity index (χ1) is 17.9. The quantitative estimate of drug-likeness (QED) is 0.265. The van der Waals surface area contributed by atoms with E-state index in [9.17, 15) is 14.4 Å². The number of hydrogen-bond donors (Lipinski definition) is 1. The number of carbonyl (C=O) groups is 3. The van der Waals surface area contributed by atoms with Crippen LogP contribution in [-0.4, -0.2) is 52.9 Å². The van der Waals surface area contributed by atoms with E-state index >= 15 is 0 Å². The van der Waals surface area contributed by atoms with Gasteiger partial charge >= 0.3 is 0 Å². The van der Waals surface area contributed by atoms with Gasteiger partial charge in [0.2, 0.25) is 11.8 Å². The molecule has 4 aromatic rings. The van der Waals surface area contributed by atoms with Crippen molar-refractivity contribution in [1.82, 2.24) is 20.3 Å². The Bertz CT molecular complexity index is 1410. The number of anilines is 1. The number of fused-ring (bicyclic) bond motifs is 1. The van der Waals surface area contributed by atoms with Gasteiger partial charge in [-0.1, -0.05) is 41.6 Å². The molecule has 9 heteroatoms. The standard InChI is InChI=1S/C28H29N5O4/c1-19-8-4-5-9-23(19)27(28(36)29-16-17-37-3)33(22-14-12-21(13-15-22)20(2)34)26(35)18-32-25-11-7-6-10-24(25)30-31-32/h4-15,27H,16-18H2,1-3H3,(H,29,36)/t27-/m1/s1. The molecule has 0 unspecified atom stereocenters. The third kappa shape index (κ3) is 5.73. The minimum Gasteiger partial charge on any atom is -0.383 e. The summed E-state index contributed by atoms with van der Waals surface area (Å²) in [5.41, 5.74) is 3.91. The second-order valence-electron chi connectivity index (χ2n) is 8.65. The number of aryl methyl sites for hydroxylation is 1. The number of rotatable bonds is 10. The molecule has 0 fully saturated rings. The minimum absolute atomic E-state index is 0.0914. The highest BCUT2D eigenvalue weighted by Crippen LogP contribution is 2.31. The Kier molecular flexibility index (Phi) is 8.05. The molecule has 3 aromatic carbocycles. The number of ether oxygens (including phenoxy) is 1. The summed E-state index contributed by atoms with van der Waals surface area (Å²) in [6.07, 6.45) is 0. The van der Waals surface area contributed by atoms with Crippen molar-refractivity contribution in [3.8, 4) is 0 Å². The van der Waals surface area contributed by atoms with Gasteiger partial charge in [0.05, 0.1) is 12.1 Å². The van der Waals surface area contributed by atoms with Crippen LogP contribution in [-0.2, 0) is 20.9 Å². The lowest BCUT2D eigenvalue weighted by molar-refractivity contribution is -0.127. The summed E-state index contributed by atoms with van der Waals surface area (Å²) >= 11 is 0. The van der Waals surface area contributed by atoms with Crippen LogP contribution in [0.25, 0.3) is 11.0 Å². The van der Waals surface area contributed by atoms with Gasteiger partial charge in [-0.25, -0.2) is 4.68 Å². The second-order valence-corrected chi connectivity index (χ2v) is 8.65. The molecule has 0 aliphatic heterocycles. The Labute approximate surface area is 215 Å². The fourth-order valence-corrected chi connectivity index (χ4v) is 4.20. The summed E-state index contributed by atoms with van der Waals surface area (Å²) < 4.78 is 6.62. The number of nitrogens with zero attached hydrogens (tertiary/aromatic N) is 4. The molecule has 0 aliphatic rings. The second kappa shape index (κ2) is 11.6. The molecule has 0 saturated carbocycles. The van der Waals surface area contributed by atoms with Gasteiger partial charge in [0.1, 0.15) is 18.1 Å². The van der Waals surface area contributed by atoms with Crippen LogP contribution >= 0.6 is 0 Å². The average Bonchev–Trinajstić information content (AvgIpc) is 3.30. The van der Waals surface area contributed by atoms with Crippen LogP contribution in [0.4, 0.5) is 5.69 Å². The first kappa shape index (κ1) is 25.7. The topological polar surface area (TPSA) is 106 Å². The van der Waals surface area contributed by atoms with E-state index in [0.717, 1.165) is 5.56 Å². The highest BCUT2D eigenvalue weighted by atomic mass is 16.5. The van der Waals surface area contributed by atoms with Gasteiger partial charge in [-0.15, -0.1) is 5.10 Å². The first-order valence-electron chi connectivity index (χ1n) is 11.9. The van der Waals surface area contributed by atoms with Crippen molar-refractivity contribution in [2.24, 2.45) is 0 Å². The molecule has 0 spiro atoms. The zero-order valence-electron chi connectivity index (χ0n) is 21.0. The van der Waals surface area contributed by atoms with Crippen LogP contribution in [0, 0.1) is 6.92 Å². The molecule has 37 heavy (non-hydrogen) atoms. The zero-order chi connectivity index (χ0) is 26.4. The Morgan fingerprint density at radius 3 is 2.41 bits per heavy atom.